The molecule has 0 bridgehead atoms. The average Bonchev–Trinajstić information content (AvgIpc) is 2.76. The topological polar surface area (TPSA) is 102 Å². The highest BCUT2D eigenvalue weighted by Crippen LogP contribution is 2.24. The Labute approximate surface area is 198 Å². The molecule has 0 aliphatic carbocycles. The van der Waals surface area contributed by atoms with E-state index in [0.29, 0.717) is 17.1 Å². The molecule has 0 saturated carbocycles. The standard InChI is InChI=1S/C26H29ClN2O4/c1-17(28-16-25(32)21-12-23(30)14-24(31)13-21)8-18-4-2-5-19(9-18)11-26(33)29-15-20-6-3-7-22(27)10-20/h2-7,9-10,12-14,17,25,28,30-32H,8,11,15-16H2,1H3,(H,29,33). The van der Waals surface area contributed by atoms with Crippen molar-refractivity contribution in [3.05, 3.63) is 94.0 Å². The smallest absolute Gasteiger partial charge is 0.224 e. The summed E-state index contributed by atoms with van der Waals surface area (Å²) in [5.74, 6) is -0.244. The third-order valence-corrected chi connectivity index (χ3v) is 5.48. The molecule has 3 aromatic carbocycles. The maximum absolute atomic E-state index is 12.3. The zero-order chi connectivity index (χ0) is 23.8. The Balaban J connectivity index is 1.47. The van der Waals surface area contributed by atoms with Gasteiger partial charge in [-0.2, -0.15) is 0 Å². The molecule has 5 N–H and O–H groups in total. The van der Waals surface area contributed by atoms with Gasteiger partial charge in [0.05, 0.1) is 12.5 Å². The quantitative estimate of drug-likeness (QED) is 0.311. The van der Waals surface area contributed by atoms with Gasteiger partial charge < -0.3 is 26.0 Å². The molecule has 174 valence electrons. The van der Waals surface area contributed by atoms with Crippen molar-refractivity contribution >= 4 is 17.5 Å². The first kappa shape index (κ1) is 24.6. The lowest BCUT2D eigenvalue weighted by Gasteiger charge is -2.18. The molecule has 0 radical (unpaired) electrons. The first-order valence-corrected chi connectivity index (χ1v) is 11.2. The Kier molecular flexibility index (Phi) is 8.72. The largest absolute Gasteiger partial charge is 0.508 e. The molecule has 3 rings (SSSR count). The van der Waals surface area contributed by atoms with Crippen molar-refractivity contribution in [2.75, 3.05) is 6.54 Å². The van der Waals surface area contributed by atoms with Gasteiger partial charge in [0.1, 0.15) is 11.5 Å². The second-order valence-corrected chi connectivity index (χ2v) is 8.65. The van der Waals surface area contributed by atoms with Gasteiger partial charge in [0.2, 0.25) is 5.91 Å². The molecule has 6 nitrogen and oxygen atoms in total. The Morgan fingerprint density at radius 2 is 1.61 bits per heavy atom. The van der Waals surface area contributed by atoms with Crippen molar-refractivity contribution in [1.29, 1.82) is 0 Å². The van der Waals surface area contributed by atoms with Gasteiger partial charge in [0.25, 0.3) is 0 Å². The van der Waals surface area contributed by atoms with Crippen LogP contribution in [0.3, 0.4) is 0 Å². The molecule has 0 heterocycles. The van der Waals surface area contributed by atoms with E-state index in [4.69, 9.17) is 11.6 Å². The second-order valence-electron chi connectivity index (χ2n) is 8.22. The maximum Gasteiger partial charge on any atom is 0.224 e. The molecule has 33 heavy (non-hydrogen) atoms. The second kappa shape index (κ2) is 11.7. The van der Waals surface area contributed by atoms with E-state index in [1.165, 1.54) is 18.2 Å². The first-order valence-electron chi connectivity index (χ1n) is 10.8. The SMILES string of the molecule is CC(Cc1cccc(CC(=O)NCc2cccc(Cl)c2)c1)NCC(O)c1cc(O)cc(O)c1. The minimum absolute atomic E-state index is 0.0595. The fourth-order valence-corrected chi connectivity index (χ4v) is 3.84. The van der Waals surface area contributed by atoms with Crippen LogP contribution in [0.4, 0.5) is 0 Å². The fourth-order valence-electron chi connectivity index (χ4n) is 3.63. The third-order valence-electron chi connectivity index (χ3n) is 5.25. The predicted molar refractivity (Wildman–Crippen MR) is 129 cm³/mol. The van der Waals surface area contributed by atoms with E-state index in [9.17, 15) is 20.1 Å². The monoisotopic (exact) mass is 468 g/mol. The summed E-state index contributed by atoms with van der Waals surface area (Å²) in [6.45, 7) is 2.71. The zero-order valence-corrected chi connectivity index (χ0v) is 19.2. The summed E-state index contributed by atoms with van der Waals surface area (Å²) in [5.41, 5.74) is 3.41. The molecule has 0 saturated heterocycles. The first-order chi connectivity index (χ1) is 15.8. The van der Waals surface area contributed by atoms with Crippen molar-refractivity contribution in [1.82, 2.24) is 10.6 Å². The van der Waals surface area contributed by atoms with Crippen LogP contribution >= 0.6 is 11.6 Å². The number of aliphatic hydroxyl groups is 1. The van der Waals surface area contributed by atoms with Gasteiger partial charge in [-0.25, -0.2) is 0 Å². The van der Waals surface area contributed by atoms with Crippen LogP contribution in [0.15, 0.2) is 66.7 Å². The summed E-state index contributed by atoms with van der Waals surface area (Å²) in [6.07, 6.45) is 0.145. The lowest BCUT2D eigenvalue weighted by molar-refractivity contribution is -0.120. The Morgan fingerprint density at radius 3 is 2.33 bits per heavy atom. The molecule has 0 spiro atoms. The van der Waals surface area contributed by atoms with Gasteiger partial charge in [-0.15, -0.1) is 0 Å². The van der Waals surface area contributed by atoms with Crippen LogP contribution < -0.4 is 10.6 Å². The van der Waals surface area contributed by atoms with Crippen molar-refractivity contribution in [3.63, 3.8) is 0 Å². The minimum atomic E-state index is -0.861. The zero-order valence-electron chi connectivity index (χ0n) is 18.5. The number of hydrogen-bond donors (Lipinski definition) is 5. The van der Waals surface area contributed by atoms with E-state index < -0.39 is 6.10 Å². The Hall–Kier alpha value is -3.06. The summed E-state index contributed by atoms with van der Waals surface area (Å²) in [5, 5.41) is 36.3. The summed E-state index contributed by atoms with van der Waals surface area (Å²) < 4.78 is 0. The number of amides is 1. The molecular weight excluding hydrogens is 440 g/mol. The van der Waals surface area contributed by atoms with E-state index in [1.54, 1.807) is 6.07 Å². The van der Waals surface area contributed by atoms with Gasteiger partial charge in [0, 0.05) is 30.2 Å². The molecule has 2 atom stereocenters. The highest BCUT2D eigenvalue weighted by molar-refractivity contribution is 6.30. The Bertz CT molecular complexity index is 1070. The van der Waals surface area contributed by atoms with Crippen molar-refractivity contribution in [2.24, 2.45) is 0 Å². The van der Waals surface area contributed by atoms with Crippen molar-refractivity contribution in [3.8, 4) is 11.5 Å². The Morgan fingerprint density at radius 1 is 0.939 bits per heavy atom. The van der Waals surface area contributed by atoms with E-state index in [-0.39, 0.29) is 36.4 Å². The van der Waals surface area contributed by atoms with Crippen LogP contribution in [0.25, 0.3) is 0 Å². The number of hydrogen-bond acceptors (Lipinski definition) is 5. The summed E-state index contributed by atoms with van der Waals surface area (Å²) >= 11 is 5.98. The number of carbonyl (C=O) groups excluding carboxylic acids is 1. The lowest BCUT2D eigenvalue weighted by atomic mass is 10.0. The highest BCUT2D eigenvalue weighted by Gasteiger charge is 2.12. The van der Waals surface area contributed by atoms with Crippen LogP contribution in [-0.2, 0) is 24.2 Å². The summed E-state index contributed by atoms with van der Waals surface area (Å²) in [6, 6.07) is 19.4. The van der Waals surface area contributed by atoms with Gasteiger partial charge in [-0.3, -0.25) is 4.79 Å². The maximum atomic E-state index is 12.3. The van der Waals surface area contributed by atoms with Crippen LogP contribution in [-0.4, -0.2) is 33.8 Å². The number of benzene rings is 3. The normalized spacial score (nSPS) is 12.8. The summed E-state index contributed by atoms with van der Waals surface area (Å²) in [7, 11) is 0. The van der Waals surface area contributed by atoms with Crippen LogP contribution in [0, 0.1) is 0 Å². The van der Waals surface area contributed by atoms with Crippen molar-refractivity contribution < 1.29 is 20.1 Å². The summed E-state index contributed by atoms with van der Waals surface area (Å²) in [4.78, 5) is 12.3. The minimum Gasteiger partial charge on any atom is -0.508 e. The molecule has 7 heteroatoms. The van der Waals surface area contributed by atoms with Gasteiger partial charge in [-0.05, 0) is 59.9 Å². The lowest BCUT2D eigenvalue weighted by Crippen LogP contribution is -2.32. The van der Waals surface area contributed by atoms with E-state index >= 15 is 0 Å². The van der Waals surface area contributed by atoms with Gasteiger partial charge in [0.15, 0.2) is 0 Å². The van der Waals surface area contributed by atoms with Crippen LogP contribution in [0.1, 0.15) is 35.3 Å². The number of carbonyl (C=O) groups is 1. The number of halogens is 1. The average molecular weight is 469 g/mol. The fraction of sp³-hybridized carbons (Fsp3) is 0.269. The van der Waals surface area contributed by atoms with E-state index in [1.807, 2.05) is 49.4 Å². The molecule has 0 aromatic heterocycles. The van der Waals surface area contributed by atoms with Crippen LogP contribution in [0.5, 0.6) is 11.5 Å². The van der Waals surface area contributed by atoms with Gasteiger partial charge >= 0.3 is 0 Å². The molecule has 1 amide bonds. The molecule has 0 fully saturated rings. The molecule has 2 unspecified atom stereocenters. The molecule has 0 aliphatic heterocycles. The van der Waals surface area contributed by atoms with E-state index in [2.05, 4.69) is 10.6 Å². The number of rotatable bonds is 10. The number of phenols is 2. The molecular formula is C26H29ClN2O4. The van der Waals surface area contributed by atoms with Crippen molar-refractivity contribution in [2.45, 2.75) is 38.5 Å². The molecule has 3 aromatic rings. The number of aromatic hydroxyl groups is 2. The van der Waals surface area contributed by atoms with E-state index in [0.717, 1.165) is 23.1 Å². The third kappa shape index (κ3) is 8.09. The highest BCUT2D eigenvalue weighted by atomic mass is 35.5. The molecule has 0 aliphatic rings. The number of aliphatic hydroxyl groups excluding tert-OH is 1. The predicted octanol–water partition coefficient (Wildman–Crippen LogP) is 3.86. The number of nitrogens with one attached hydrogen (secondary N) is 2. The van der Waals surface area contributed by atoms with Crippen LogP contribution in [0.2, 0.25) is 5.02 Å². The van der Waals surface area contributed by atoms with Gasteiger partial charge in [-0.1, -0.05) is 48.0 Å². The number of phenolic OH excluding ortho intramolecular Hbond substituents is 2.